The maximum atomic E-state index is 13.8. The average Bonchev–Trinajstić information content (AvgIpc) is 2.62. The molecular formula is C20H28FN5. The number of hydrogen-bond acceptors (Lipinski definition) is 3. The first-order valence-electron chi connectivity index (χ1n) is 8.83. The molecule has 0 amide bonds. The lowest BCUT2D eigenvalue weighted by Crippen LogP contribution is -2.38. The van der Waals surface area contributed by atoms with Crippen molar-refractivity contribution in [2.24, 2.45) is 4.99 Å². The van der Waals surface area contributed by atoms with Crippen molar-refractivity contribution in [3.63, 3.8) is 0 Å². The molecule has 0 aliphatic carbocycles. The van der Waals surface area contributed by atoms with Gasteiger partial charge in [-0.3, -0.25) is 0 Å². The predicted molar refractivity (Wildman–Crippen MR) is 106 cm³/mol. The first-order chi connectivity index (χ1) is 12.4. The standard InChI is InChI=1S/C20H28FN5/c1-6-22-20(24-13-16-9-10-23-19(11-16)26(4)5)25-15(3)17-8-7-14(2)18(21)12-17/h7-12,15H,6,13H2,1-5H3,(H2,22,24,25). The van der Waals surface area contributed by atoms with E-state index in [0.717, 1.165) is 23.5 Å². The summed E-state index contributed by atoms with van der Waals surface area (Å²) in [5.41, 5.74) is 2.61. The molecule has 0 bridgehead atoms. The second-order valence-electron chi connectivity index (χ2n) is 6.49. The number of aliphatic imine (C=N–C) groups is 1. The Kier molecular flexibility index (Phi) is 6.95. The highest BCUT2D eigenvalue weighted by atomic mass is 19.1. The molecule has 5 nitrogen and oxygen atoms in total. The molecular weight excluding hydrogens is 329 g/mol. The molecule has 2 N–H and O–H groups in total. The summed E-state index contributed by atoms with van der Waals surface area (Å²) < 4.78 is 13.8. The molecule has 0 aliphatic rings. The lowest BCUT2D eigenvalue weighted by atomic mass is 10.1. The summed E-state index contributed by atoms with van der Waals surface area (Å²) in [5, 5.41) is 6.57. The quantitative estimate of drug-likeness (QED) is 0.614. The zero-order valence-corrected chi connectivity index (χ0v) is 16.2. The molecule has 140 valence electrons. The summed E-state index contributed by atoms with van der Waals surface area (Å²) >= 11 is 0. The van der Waals surface area contributed by atoms with Crippen LogP contribution in [-0.4, -0.2) is 31.6 Å². The van der Waals surface area contributed by atoms with Gasteiger partial charge in [-0.15, -0.1) is 0 Å². The summed E-state index contributed by atoms with van der Waals surface area (Å²) in [7, 11) is 3.92. The van der Waals surface area contributed by atoms with Crippen LogP contribution in [0, 0.1) is 12.7 Å². The number of halogens is 1. The Morgan fingerprint density at radius 1 is 1.27 bits per heavy atom. The molecule has 0 spiro atoms. The van der Waals surface area contributed by atoms with Gasteiger partial charge in [0.15, 0.2) is 5.96 Å². The van der Waals surface area contributed by atoms with Crippen LogP contribution >= 0.6 is 0 Å². The highest BCUT2D eigenvalue weighted by Crippen LogP contribution is 2.16. The molecule has 0 fully saturated rings. The van der Waals surface area contributed by atoms with E-state index in [-0.39, 0.29) is 11.9 Å². The van der Waals surface area contributed by atoms with Crippen LogP contribution in [0.15, 0.2) is 41.5 Å². The Balaban J connectivity index is 2.10. The maximum Gasteiger partial charge on any atom is 0.192 e. The topological polar surface area (TPSA) is 52.6 Å². The van der Waals surface area contributed by atoms with Gasteiger partial charge in [-0.1, -0.05) is 12.1 Å². The lowest BCUT2D eigenvalue weighted by molar-refractivity contribution is 0.607. The molecule has 2 aromatic rings. The smallest absolute Gasteiger partial charge is 0.192 e. The van der Waals surface area contributed by atoms with E-state index in [2.05, 4.69) is 20.6 Å². The Morgan fingerprint density at radius 3 is 2.69 bits per heavy atom. The number of anilines is 1. The molecule has 2 rings (SSSR count). The van der Waals surface area contributed by atoms with Crippen LogP contribution in [0.2, 0.25) is 0 Å². The number of benzene rings is 1. The van der Waals surface area contributed by atoms with E-state index in [1.165, 1.54) is 0 Å². The van der Waals surface area contributed by atoms with Gasteiger partial charge in [-0.05, 0) is 55.7 Å². The number of nitrogens with one attached hydrogen (secondary N) is 2. The van der Waals surface area contributed by atoms with Crippen molar-refractivity contribution in [3.8, 4) is 0 Å². The van der Waals surface area contributed by atoms with Crippen LogP contribution < -0.4 is 15.5 Å². The van der Waals surface area contributed by atoms with Crippen molar-refractivity contribution in [2.75, 3.05) is 25.5 Å². The largest absolute Gasteiger partial charge is 0.363 e. The summed E-state index contributed by atoms with van der Waals surface area (Å²) in [5.74, 6) is 1.41. The van der Waals surface area contributed by atoms with Crippen molar-refractivity contribution in [3.05, 3.63) is 59.0 Å². The summed E-state index contributed by atoms with van der Waals surface area (Å²) in [6.07, 6.45) is 1.79. The fraction of sp³-hybridized carbons (Fsp3) is 0.400. The molecule has 1 heterocycles. The Morgan fingerprint density at radius 2 is 2.04 bits per heavy atom. The number of pyridine rings is 1. The zero-order chi connectivity index (χ0) is 19.1. The summed E-state index contributed by atoms with van der Waals surface area (Å²) in [6.45, 7) is 7.06. The minimum Gasteiger partial charge on any atom is -0.363 e. The molecule has 1 aromatic heterocycles. The first kappa shape index (κ1) is 19.7. The van der Waals surface area contributed by atoms with Gasteiger partial charge in [0.2, 0.25) is 0 Å². The highest BCUT2D eigenvalue weighted by Gasteiger charge is 2.10. The van der Waals surface area contributed by atoms with Gasteiger partial charge in [0.1, 0.15) is 11.6 Å². The van der Waals surface area contributed by atoms with E-state index in [1.807, 2.05) is 51.0 Å². The number of nitrogens with zero attached hydrogens (tertiary/aromatic N) is 3. The van der Waals surface area contributed by atoms with Crippen molar-refractivity contribution in [1.82, 2.24) is 15.6 Å². The number of guanidine groups is 1. The third-order valence-electron chi connectivity index (χ3n) is 4.08. The second kappa shape index (κ2) is 9.17. The molecule has 1 aromatic carbocycles. The van der Waals surface area contributed by atoms with Gasteiger partial charge in [0.25, 0.3) is 0 Å². The highest BCUT2D eigenvalue weighted by molar-refractivity contribution is 5.80. The van der Waals surface area contributed by atoms with Crippen LogP contribution in [0.3, 0.4) is 0 Å². The van der Waals surface area contributed by atoms with Gasteiger partial charge >= 0.3 is 0 Å². The third-order valence-corrected chi connectivity index (χ3v) is 4.08. The fourth-order valence-electron chi connectivity index (χ4n) is 2.46. The number of aryl methyl sites for hydroxylation is 1. The van der Waals surface area contributed by atoms with Crippen molar-refractivity contribution in [1.29, 1.82) is 0 Å². The van der Waals surface area contributed by atoms with E-state index in [9.17, 15) is 4.39 Å². The van der Waals surface area contributed by atoms with Crippen LogP contribution in [0.5, 0.6) is 0 Å². The van der Waals surface area contributed by atoms with E-state index in [1.54, 1.807) is 25.3 Å². The SMILES string of the molecule is CCNC(=NCc1ccnc(N(C)C)c1)NC(C)c1ccc(C)c(F)c1. The Hall–Kier alpha value is -2.63. The van der Waals surface area contributed by atoms with E-state index in [0.29, 0.717) is 18.1 Å². The zero-order valence-electron chi connectivity index (χ0n) is 16.2. The van der Waals surface area contributed by atoms with Gasteiger partial charge in [-0.2, -0.15) is 0 Å². The van der Waals surface area contributed by atoms with E-state index < -0.39 is 0 Å². The molecule has 1 atom stereocenters. The molecule has 26 heavy (non-hydrogen) atoms. The Bertz CT molecular complexity index is 758. The van der Waals surface area contributed by atoms with Gasteiger partial charge in [0.05, 0.1) is 12.6 Å². The molecule has 0 radical (unpaired) electrons. The lowest BCUT2D eigenvalue weighted by Gasteiger charge is -2.19. The minimum atomic E-state index is -0.189. The molecule has 0 saturated heterocycles. The van der Waals surface area contributed by atoms with E-state index in [4.69, 9.17) is 0 Å². The molecule has 0 aliphatic heterocycles. The van der Waals surface area contributed by atoms with Gasteiger partial charge in [0, 0.05) is 26.8 Å². The second-order valence-corrected chi connectivity index (χ2v) is 6.49. The minimum absolute atomic E-state index is 0.0577. The molecule has 0 saturated carbocycles. The van der Waals surface area contributed by atoms with Gasteiger partial charge < -0.3 is 15.5 Å². The van der Waals surface area contributed by atoms with Crippen LogP contribution in [-0.2, 0) is 6.54 Å². The predicted octanol–water partition coefficient (Wildman–Crippen LogP) is 3.41. The van der Waals surface area contributed by atoms with E-state index >= 15 is 0 Å². The fourth-order valence-corrected chi connectivity index (χ4v) is 2.46. The maximum absolute atomic E-state index is 13.8. The van der Waals surface area contributed by atoms with Crippen molar-refractivity contribution >= 4 is 11.8 Å². The number of rotatable bonds is 6. The average molecular weight is 357 g/mol. The first-order valence-corrected chi connectivity index (χ1v) is 8.83. The summed E-state index contributed by atoms with van der Waals surface area (Å²) in [6, 6.07) is 9.23. The molecule has 1 unspecified atom stereocenters. The molecule has 6 heteroatoms. The van der Waals surface area contributed by atoms with Crippen molar-refractivity contribution < 1.29 is 4.39 Å². The van der Waals surface area contributed by atoms with Crippen LogP contribution in [0.25, 0.3) is 0 Å². The number of aromatic nitrogens is 1. The monoisotopic (exact) mass is 357 g/mol. The summed E-state index contributed by atoms with van der Waals surface area (Å²) in [4.78, 5) is 10.9. The number of hydrogen-bond donors (Lipinski definition) is 2. The Labute approximate surface area is 155 Å². The van der Waals surface area contributed by atoms with Crippen LogP contribution in [0.1, 0.15) is 36.6 Å². The van der Waals surface area contributed by atoms with Gasteiger partial charge in [-0.25, -0.2) is 14.4 Å². The third kappa shape index (κ3) is 5.44. The van der Waals surface area contributed by atoms with Crippen molar-refractivity contribution in [2.45, 2.75) is 33.4 Å². The van der Waals surface area contributed by atoms with Crippen LogP contribution in [0.4, 0.5) is 10.2 Å². The normalized spacial score (nSPS) is 12.6.